The molecule has 0 saturated carbocycles. The first kappa shape index (κ1) is 13.7. The first-order valence-corrected chi connectivity index (χ1v) is 8.16. The van der Waals surface area contributed by atoms with E-state index < -0.39 is 0 Å². The van der Waals surface area contributed by atoms with E-state index in [4.69, 9.17) is 0 Å². The van der Waals surface area contributed by atoms with Gasteiger partial charge >= 0.3 is 0 Å². The molecular weight excluding hydrogens is 228 g/mol. The number of rotatable bonds is 3. The molecule has 17 heavy (non-hydrogen) atoms. The Morgan fingerprint density at radius 3 is 2.76 bits per heavy atom. The van der Waals surface area contributed by atoms with Gasteiger partial charge in [-0.15, -0.1) is 0 Å². The van der Waals surface area contributed by atoms with E-state index in [1.165, 1.54) is 38.4 Å². The van der Waals surface area contributed by atoms with Crippen molar-refractivity contribution < 1.29 is 0 Å². The van der Waals surface area contributed by atoms with Crippen LogP contribution in [0.2, 0.25) is 0 Å². The normalized spacial score (nSPS) is 40.1. The van der Waals surface area contributed by atoms with Gasteiger partial charge in [0.05, 0.1) is 0 Å². The molecule has 2 aliphatic rings. The average molecular weight is 256 g/mol. The summed E-state index contributed by atoms with van der Waals surface area (Å²) in [6.07, 6.45) is 1.36. The number of thioether (sulfide) groups is 1. The Labute approximate surface area is 111 Å². The molecule has 2 heterocycles. The topological polar surface area (TPSA) is 15.3 Å². The van der Waals surface area contributed by atoms with Crippen LogP contribution in [0.25, 0.3) is 0 Å². The minimum absolute atomic E-state index is 0.524. The van der Waals surface area contributed by atoms with Crippen molar-refractivity contribution in [3.63, 3.8) is 0 Å². The van der Waals surface area contributed by atoms with E-state index in [1.807, 2.05) is 0 Å². The highest BCUT2D eigenvalue weighted by molar-refractivity contribution is 8.00. The predicted molar refractivity (Wildman–Crippen MR) is 77.7 cm³/mol. The van der Waals surface area contributed by atoms with Gasteiger partial charge in [0.15, 0.2) is 0 Å². The average Bonchev–Trinajstić information content (AvgIpc) is 2.75. The van der Waals surface area contributed by atoms with Crippen LogP contribution in [0.4, 0.5) is 0 Å². The quantitative estimate of drug-likeness (QED) is 0.835. The van der Waals surface area contributed by atoms with Gasteiger partial charge in [0.1, 0.15) is 0 Å². The van der Waals surface area contributed by atoms with Crippen LogP contribution in [0, 0.1) is 11.3 Å². The highest BCUT2D eigenvalue weighted by Gasteiger charge is 2.40. The third kappa shape index (κ3) is 2.82. The SMILES string of the molecule is CC1SCCN(CC2(C(C)C)CCNC2)C1C. The zero-order valence-corrected chi connectivity index (χ0v) is 12.6. The molecule has 0 aliphatic carbocycles. The van der Waals surface area contributed by atoms with E-state index in [0.29, 0.717) is 5.41 Å². The lowest BCUT2D eigenvalue weighted by atomic mass is 9.75. The first-order chi connectivity index (χ1) is 8.05. The molecule has 2 rings (SSSR count). The van der Waals surface area contributed by atoms with Crippen LogP contribution in [-0.2, 0) is 0 Å². The van der Waals surface area contributed by atoms with E-state index >= 15 is 0 Å². The molecule has 0 aromatic carbocycles. The van der Waals surface area contributed by atoms with Gasteiger partial charge < -0.3 is 5.32 Å². The maximum atomic E-state index is 3.58. The minimum atomic E-state index is 0.524. The van der Waals surface area contributed by atoms with Crippen molar-refractivity contribution in [2.75, 3.05) is 31.9 Å². The Morgan fingerprint density at radius 1 is 1.41 bits per heavy atom. The van der Waals surface area contributed by atoms with Gasteiger partial charge in [-0.1, -0.05) is 20.8 Å². The molecule has 0 radical (unpaired) electrons. The molecule has 3 atom stereocenters. The van der Waals surface area contributed by atoms with E-state index in [0.717, 1.165) is 17.2 Å². The molecule has 2 fully saturated rings. The van der Waals surface area contributed by atoms with Gasteiger partial charge in [-0.3, -0.25) is 4.90 Å². The van der Waals surface area contributed by atoms with Gasteiger partial charge in [-0.25, -0.2) is 0 Å². The molecule has 0 amide bonds. The monoisotopic (exact) mass is 256 g/mol. The smallest absolute Gasteiger partial charge is 0.0184 e. The van der Waals surface area contributed by atoms with Gasteiger partial charge in [0.25, 0.3) is 0 Å². The van der Waals surface area contributed by atoms with Crippen molar-refractivity contribution in [3.05, 3.63) is 0 Å². The third-order valence-corrected chi connectivity index (χ3v) is 6.37. The molecule has 1 N–H and O–H groups in total. The molecule has 2 aliphatic heterocycles. The standard InChI is InChI=1S/C14H28N2S/c1-11(2)14(5-6-15-9-14)10-16-7-8-17-13(4)12(16)3/h11-13,15H,5-10H2,1-4H3. The van der Waals surface area contributed by atoms with Gasteiger partial charge in [0, 0.05) is 36.7 Å². The molecule has 100 valence electrons. The highest BCUT2D eigenvalue weighted by atomic mass is 32.2. The zero-order valence-electron chi connectivity index (χ0n) is 11.8. The van der Waals surface area contributed by atoms with E-state index in [2.05, 4.69) is 49.7 Å². The molecular formula is C14H28N2S. The third-order valence-electron chi connectivity index (χ3n) is 5.03. The Bertz CT molecular complexity index is 249. The summed E-state index contributed by atoms with van der Waals surface area (Å²) in [4.78, 5) is 2.74. The van der Waals surface area contributed by atoms with Gasteiger partial charge in [-0.2, -0.15) is 11.8 Å². The molecule has 0 aromatic heterocycles. The molecule has 0 spiro atoms. The van der Waals surface area contributed by atoms with Gasteiger partial charge in [-0.05, 0) is 31.2 Å². The Balaban J connectivity index is 2.02. The van der Waals surface area contributed by atoms with E-state index in [-0.39, 0.29) is 0 Å². The minimum Gasteiger partial charge on any atom is -0.316 e. The van der Waals surface area contributed by atoms with Crippen LogP contribution in [-0.4, -0.2) is 48.1 Å². The lowest BCUT2D eigenvalue weighted by Gasteiger charge is -2.44. The maximum absolute atomic E-state index is 3.58. The zero-order chi connectivity index (χ0) is 12.5. The molecule has 2 saturated heterocycles. The molecule has 0 bridgehead atoms. The lowest BCUT2D eigenvalue weighted by Crippen LogP contribution is -2.51. The fraction of sp³-hybridized carbons (Fsp3) is 1.00. The summed E-state index contributed by atoms with van der Waals surface area (Å²) in [5.74, 6) is 2.10. The molecule has 3 heteroatoms. The van der Waals surface area contributed by atoms with Crippen molar-refractivity contribution >= 4 is 11.8 Å². The fourth-order valence-corrected chi connectivity index (χ4v) is 4.36. The van der Waals surface area contributed by atoms with E-state index in [9.17, 15) is 0 Å². The van der Waals surface area contributed by atoms with Crippen LogP contribution < -0.4 is 5.32 Å². The van der Waals surface area contributed by atoms with Crippen LogP contribution in [0.1, 0.15) is 34.1 Å². The van der Waals surface area contributed by atoms with Crippen molar-refractivity contribution in [1.82, 2.24) is 10.2 Å². The molecule has 0 aromatic rings. The van der Waals surface area contributed by atoms with Crippen molar-refractivity contribution in [1.29, 1.82) is 0 Å². The Hall–Kier alpha value is 0.270. The lowest BCUT2D eigenvalue weighted by molar-refractivity contribution is 0.0925. The van der Waals surface area contributed by atoms with Crippen LogP contribution in [0.5, 0.6) is 0 Å². The predicted octanol–water partition coefficient (Wildman–Crippen LogP) is 2.45. The summed E-state index contributed by atoms with van der Waals surface area (Å²) in [5.41, 5.74) is 0.524. The molecule has 3 unspecified atom stereocenters. The first-order valence-electron chi connectivity index (χ1n) is 7.11. The second-order valence-electron chi connectivity index (χ2n) is 6.23. The number of hydrogen-bond acceptors (Lipinski definition) is 3. The summed E-state index contributed by atoms with van der Waals surface area (Å²) in [6.45, 7) is 14.6. The van der Waals surface area contributed by atoms with E-state index in [1.54, 1.807) is 0 Å². The van der Waals surface area contributed by atoms with Gasteiger partial charge in [0.2, 0.25) is 0 Å². The Morgan fingerprint density at radius 2 is 2.18 bits per heavy atom. The summed E-state index contributed by atoms with van der Waals surface area (Å²) in [6, 6.07) is 0.741. The summed E-state index contributed by atoms with van der Waals surface area (Å²) in [7, 11) is 0. The fourth-order valence-electron chi connectivity index (χ4n) is 3.20. The highest BCUT2D eigenvalue weighted by Crippen LogP contribution is 2.37. The maximum Gasteiger partial charge on any atom is 0.0184 e. The number of hydrogen-bond donors (Lipinski definition) is 1. The number of nitrogens with zero attached hydrogens (tertiary/aromatic N) is 1. The van der Waals surface area contributed by atoms with Crippen molar-refractivity contribution in [2.24, 2.45) is 11.3 Å². The summed E-state index contributed by atoms with van der Waals surface area (Å²) in [5, 5.41) is 4.37. The second kappa shape index (κ2) is 5.50. The Kier molecular flexibility index (Phi) is 4.43. The largest absolute Gasteiger partial charge is 0.316 e. The summed E-state index contributed by atoms with van der Waals surface area (Å²) >= 11 is 2.14. The van der Waals surface area contributed by atoms with Crippen molar-refractivity contribution in [3.8, 4) is 0 Å². The van der Waals surface area contributed by atoms with Crippen LogP contribution >= 0.6 is 11.8 Å². The van der Waals surface area contributed by atoms with Crippen LogP contribution in [0.15, 0.2) is 0 Å². The van der Waals surface area contributed by atoms with Crippen LogP contribution in [0.3, 0.4) is 0 Å². The number of nitrogens with one attached hydrogen (secondary N) is 1. The summed E-state index contributed by atoms with van der Waals surface area (Å²) < 4.78 is 0. The second-order valence-corrected chi connectivity index (χ2v) is 7.72. The van der Waals surface area contributed by atoms with Crippen molar-refractivity contribution in [2.45, 2.75) is 45.4 Å². The molecule has 2 nitrogen and oxygen atoms in total.